The van der Waals surface area contributed by atoms with Crippen LogP contribution < -0.4 is 11.1 Å². The smallest absolute Gasteiger partial charge is 0.256 e. The first-order valence-electron chi connectivity index (χ1n) is 5.66. The quantitative estimate of drug-likeness (QED) is 0.893. The Morgan fingerprint density at radius 3 is 2.58 bits per heavy atom. The van der Waals surface area contributed by atoms with E-state index in [9.17, 15) is 13.6 Å². The Bertz CT molecular complexity index is 614. The number of anilines is 1. The number of amides is 1. The van der Waals surface area contributed by atoms with E-state index in [2.05, 4.69) is 5.32 Å². The summed E-state index contributed by atoms with van der Waals surface area (Å²) in [6.07, 6.45) is 0. The molecule has 2 aromatic rings. The van der Waals surface area contributed by atoms with E-state index >= 15 is 0 Å². The zero-order valence-corrected chi connectivity index (χ0v) is 9.99. The molecule has 0 bridgehead atoms. The molecule has 0 heterocycles. The van der Waals surface area contributed by atoms with Crippen molar-refractivity contribution in [2.75, 3.05) is 5.32 Å². The summed E-state index contributed by atoms with van der Waals surface area (Å²) >= 11 is 0. The topological polar surface area (TPSA) is 55.1 Å². The summed E-state index contributed by atoms with van der Waals surface area (Å²) in [4.78, 5) is 12.0. The molecule has 2 aromatic carbocycles. The highest BCUT2D eigenvalue weighted by molar-refractivity contribution is 6.05. The second-order valence-corrected chi connectivity index (χ2v) is 3.94. The Morgan fingerprint density at radius 2 is 1.89 bits per heavy atom. The van der Waals surface area contributed by atoms with Gasteiger partial charge in [-0.1, -0.05) is 18.2 Å². The number of nitrogens with one attached hydrogen (secondary N) is 1. The van der Waals surface area contributed by atoms with Crippen LogP contribution in [0.4, 0.5) is 14.5 Å². The van der Waals surface area contributed by atoms with Gasteiger partial charge in [0.1, 0.15) is 11.6 Å². The van der Waals surface area contributed by atoms with Crippen molar-refractivity contribution in [2.45, 2.75) is 6.54 Å². The van der Waals surface area contributed by atoms with Gasteiger partial charge >= 0.3 is 0 Å². The van der Waals surface area contributed by atoms with Gasteiger partial charge in [0.15, 0.2) is 0 Å². The second kappa shape index (κ2) is 5.58. The van der Waals surface area contributed by atoms with Crippen molar-refractivity contribution in [3.63, 3.8) is 0 Å². The van der Waals surface area contributed by atoms with Crippen LogP contribution in [0.25, 0.3) is 0 Å². The average Bonchev–Trinajstić information content (AvgIpc) is 2.41. The molecular weight excluding hydrogens is 250 g/mol. The number of hydrogen-bond acceptors (Lipinski definition) is 2. The first-order valence-corrected chi connectivity index (χ1v) is 5.66. The number of hydrogen-bond donors (Lipinski definition) is 2. The monoisotopic (exact) mass is 262 g/mol. The molecule has 0 atom stereocenters. The molecule has 0 unspecified atom stereocenters. The Hall–Kier alpha value is -2.27. The molecule has 3 N–H and O–H groups in total. The van der Waals surface area contributed by atoms with Crippen molar-refractivity contribution < 1.29 is 13.6 Å². The highest BCUT2D eigenvalue weighted by Gasteiger charge is 2.12. The zero-order valence-electron chi connectivity index (χ0n) is 9.99. The summed E-state index contributed by atoms with van der Waals surface area (Å²) in [6, 6.07) is 9.73. The Morgan fingerprint density at radius 1 is 1.16 bits per heavy atom. The average molecular weight is 262 g/mol. The fraction of sp³-hybridized carbons (Fsp3) is 0.0714. The van der Waals surface area contributed by atoms with Crippen LogP contribution in [0.2, 0.25) is 0 Å². The van der Waals surface area contributed by atoms with Crippen LogP contribution in [-0.2, 0) is 6.54 Å². The van der Waals surface area contributed by atoms with Gasteiger partial charge < -0.3 is 11.1 Å². The Labute approximate surface area is 109 Å². The summed E-state index contributed by atoms with van der Waals surface area (Å²) in [7, 11) is 0. The van der Waals surface area contributed by atoms with Crippen LogP contribution in [-0.4, -0.2) is 5.91 Å². The predicted octanol–water partition coefficient (Wildman–Crippen LogP) is 2.68. The third kappa shape index (κ3) is 2.95. The van der Waals surface area contributed by atoms with Crippen LogP contribution in [0.1, 0.15) is 15.9 Å². The third-order valence-corrected chi connectivity index (χ3v) is 2.66. The molecule has 0 saturated heterocycles. The van der Waals surface area contributed by atoms with Crippen LogP contribution in [0, 0.1) is 11.6 Å². The maximum Gasteiger partial charge on any atom is 0.256 e. The molecule has 0 aliphatic carbocycles. The van der Waals surface area contributed by atoms with E-state index in [0.29, 0.717) is 17.2 Å². The van der Waals surface area contributed by atoms with Crippen molar-refractivity contribution in [1.29, 1.82) is 0 Å². The molecule has 19 heavy (non-hydrogen) atoms. The van der Waals surface area contributed by atoms with Crippen molar-refractivity contribution >= 4 is 11.6 Å². The molecule has 0 spiro atoms. The third-order valence-electron chi connectivity index (χ3n) is 2.66. The minimum Gasteiger partial charge on any atom is -0.326 e. The number of halogens is 2. The van der Waals surface area contributed by atoms with Gasteiger partial charge in [0.05, 0.1) is 5.69 Å². The second-order valence-electron chi connectivity index (χ2n) is 3.94. The summed E-state index contributed by atoms with van der Waals surface area (Å²) < 4.78 is 26.2. The number of nitrogens with two attached hydrogens (primary N) is 1. The molecule has 0 fully saturated rings. The lowest BCUT2D eigenvalue weighted by Gasteiger charge is -2.09. The summed E-state index contributed by atoms with van der Waals surface area (Å²) in [6.45, 7) is 0.204. The number of rotatable bonds is 3. The van der Waals surface area contributed by atoms with Gasteiger partial charge in [0.2, 0.25) is 0 Å². The first kappa shape index (κ1) is 13.2. The fourth-order valence-corrected chi connectivity index (χ4v) is 1.70. The molecule has 5 heteroatoms. The molecule has 98 valence electrons. The molecule has 0 aliphatic rings. The van der Waals surface area contributed by atoms with Crippen LogP contribution in [0.15, 0.2) is 42.5 Å². The van der Waals surface area contributed by atoms with E-state index < -0.39 is 17.5 Å². The first-order chi connectivity index (χ1) is 9.11. The highest BCUT2D eigenvalue weighted by Crippen LogP contribution is 2.17. The van der Waals surface area contributed by atoms with E-state index in [1.54, 1.807) is 24.3 Å². The molecule has 0 radical (unpaired) electrons. The van der Waals surface area contributed by atoms with Gasteiger partial charge in [-0.3, -0.25) is 4.79 Å². The standard InChI is InChI=1S/C14H12F2N2O/c15-10-5-6-13(12(16)7-10)18-14(19)11-4-2-1-3-9(11)8-17/h1-7H,8,17H2,(H,18,19). The summed E-state index contributed by atoms with van der Waals surface area (Å²) in [5.41, 5.74) is 6.48. The van der Waals surface area contributed by atoms with Crippen molar-refractivity contribution in [1.82, 2.24) is 0 Å². The largest absolute Gasteiger partial charge is 0.326 e. The molecular formula is C14H12F2N2O. The Kier molecular flexibility index (Phi) is 3.87. The Balaban J connectivity index is 2.26. The van der Waals surface area contributed by atoms with Crippen LogP contribution in [0.3, 0.4) is 0 Å². The molecule has 3 nitrogen and oxygen atoms in total. The van der Waals surface area contributed by atoms with Crippen molar-refractivity contribution in [2.24, 2.45) is 5.73 Å². The maximum absolute atomic E-state index is 13.4. The summed E-state index contributed by atoms with van der Waals surface area (Å²) in [5.74, 6) is -2.00. The molecule has 2 rings (SSSR count). The van der Waals surface area contributed by atoms with Crippen molar-refractivity contribution in [3.8, 4) is 0 Å². The lowest BCUT2D eigenvalue weighted by Crippen LogP contribution is -2.16. The van der Waals surface area contributed by atoms with Gasteiger partial charge in [-0.2, -0.15) is 0 Å². The minimum absolute atomic E-state index is 0.0711. The lowest BCUT2D eigenvalue weighted by molar-refractivity contribution is 0.102. The molecule has 0 saturated carbocycles. The van der Waals surface area contributed by atoms with Crippen LogP contribution >= 0.6 is 0 Å². The number of benzene rings is 2. The van der Waals surface area contributed by atoms with E-state index in [1.807, 2.05) is 0 Å². The summed E-state index contributed by atoms with van der Waals surface area (Å²) in [5, 5.41) is 2.39. The lowest BCUT2D eigenvalue weighted by atomic mass is 10.1. The number of carbonyl (C=O) groups excluding carboxylic acids is 1. The molecule has 0 aromatic heterocycles. The predicted molar refractivity (Wildman–Crippen MR) is 68.6 cm³/mol. The van der Waals surface area contributed by atoms with E-state index in [1.165, 1.54) is 6.07 Å². The van der Waals surface area contributed by atoms with Gasteiger partial charge in [-0.15, -0.1) is 0 Å². The zero-order chi connectivity index (χ0) is 13.8. The van der Waals surface area contributed by atoms with E-state index in [0.717, 1.165) is 6.07 Å². The minimum atomic E-state index is -0.821. The maximum atomic E-state index is 13.4. The van der Waals surface area contributed by atoms with Gasteiger partial charge in [0, 0.05) is 18.2 Å². The molecule has 0 aliphatic heterocycles. The normalized spacial score (nSPS) is 10.3. The fourth-order valence-electron chi connectivity index (χ4n) is 1.70. The van der Waals surface area contributed by atoms with Gasteiger partial charge in [-0.05, 0) is 23.8 Å². The van der Waals surface area contributed by atoms with Crippen molar-refractivity contribution in [3.05, 3.63) is 65.2 Å². The highest BCUT2D eigenvalue weighted by atomic mass is 19.1. The SMILES string of the molecule is NCc1ccccc1C(=O)Nc1ccc(F)cc1F. The van der Waals surface area contributed by atoms with E-state index in [-0.39, 0.29) is 12.2 Å². The number of carbonyl (C=O) groups is 1. The van der Waals surface area contributed by atoms with E-state index in [4.69, 9.17) is 5.73 Å². The molecule has 1 amide bonds. The van der Waals surface area contributed by atoms with Gasteiger partial charge in [-0.25, -0.2) is 8.78 Å². The van der Waals surface area contributed by atoms with Gasteiger partial charge in [0.25, 0.3) is 5.91 Å². The van der Waals surface area contributed by atoms with Crippen LogP contribution in [0.5, 0.6) is 0 Å².